The molecule has 1 aliphatic carbocycles. The fraction of sp³-hybridized carbons (Fsp3) is 0.429. The number of hydrogen-bond donors (Lipinski definition) is 1. The van der Waals surface area contributed by atoms with E-state index in [0.29, 0.717) is 6.04 Å². The number of rotatable bonds is 4. The van der Waals surface area contributed by atoms with E-state index in [-0.39, 0.29) is 0 Å². The van der Waals surface area contributed by atoms with Crippen molar-refractivity contribution in [2.45, 2.75) is 32.2 Å². The van der Waals surface area contributed by atoms with Gasteiger partial charge in [-0.2, -0.15) is 0 Å². The molecule has 0 bridgehead atoms. The maximum atomic E-state index is 4.03. The van der Waals surface area contributed by atoms with Gasteiger partial charge in [0.2, 0.25) is 0 Å². The lowest BCUT2D eigenvalue weighted by Crippen LogP contribution is -2.21. The van der Waals surface area contributed by atoms with Crippen LogP contribution in [0.2, 0.25) is 0 Å². The Morgan fingerprint density at radius 3 is 3.07 bits per heavy atom. The van der Waals surface area contributed by atoms with Crippen molar-refractivity contribution in [2.24, 2.45) is 0 Å². The molecule has 0 fully saturated rings. The van der Waals surface area contributed by atoms with Gasteiger partial charge in [0.1, 0.15) is 0 Å². The molecule has 0 spiro atoms. The minimum Gasteiger partial charge on any atom is -0.306 e. The summed E-state index contributed by atoms with van der Waals surface area (Å²) in [5.74, 6) is 0. The average molecular weight is 201 g/mol. The van der Waals surface area contributed by atoms with Crippen LogP contribution in [0.1, 0.15) is 36.9 Å². The van der Waals surface area contributed by atoms with E-state index in [1.165, 1.54) is 29.5 Å². The Labute approximate surface area is 92.2 Å². The molecule has 15 heavy (non-hydrogen) atoms. The van der Waals surface area contributed by atoms with Gasteiger partial charge in [-0.1, -0.05) is 43.3 Å². The van der Waals surface area contributed by atoms with Gasteiger partial charge in [0.15, 0.2) is 0 Å². The number of hydrogen-bond acceptors (Lipinski definition) is 1. The zero-order valence-electron chi connectivity index (χ0n) is 9.42. The summed E-state index contributed by atoms with van der Waals surface area (Å²) in [7, 11) is 0. The van der Waals surface area contributed by atoms with Crippen molar-refractivity contribution < 1.29 is 0 Å². The third kappa shape index (κ3) is 2.29. The smallest absolute Gasteiger partial charge is 0.0329 e. The Kier molecular flexibility index (Phi) is 3.22. The Morgan fingerprint density at radius 1 is 1.47 bits per heavy atom. The SMILES string of the molecule is C=C(CC)CNC1CCc2ccccc21. The highest BCUT2D eigenvalue weighted by molar-refractivity contribution is 5.34. The summed E-state index contributed by atoms with van der Waals surface area (Å²) in [4.78, 5) is 0. The quantitative estimate of drug-likeness (QED) is 0.737. The first-order valence-corrected chi connectivity index (χ1v) is 5.79. The van der Waals surface area contributed by atoms with Crippen LogP contribution >= 0.6 is 0 Å². The molecule has 1 aromatic carbocycles. The van der Waals surface area contributed by atoms with Crippen LogP contribution in [0, 0.1) is 0 Å². The molecule has 0 amide bonds. The lowest BCUT2D eigenvalue weighted by molar-refractivity contribution is 0.553. The maximum Gasteiger partial charge on any atom is 0.0329 e. The van der Waals surface area contributed by atoms with Gasteiger partial charge in [-0.05, 0) is 30.4 Å². The maximum absolute atomic E-state index is 4.03. The van der Waals surface area contributed by atoms with Crippen LogP contribution in [0.3, 0.4) is 0 Å². The molecule has 1 N–H and O–H groups in total. The first-order valence-electron chi connectivity index (χ1n) is 5.79. The summed E-state index contributed by atoms with van der Waals surface area (Å²) in [6.07, 6.45) is 3.52. The van der Waals surface area contributed by atoms with Crippen molar-refractivity contribution in [3.05, 3.63) is 47.5 Å². The monoisotopic (exact) mass is 201 g/mol. The first kappa shape index (κ1) is 10.4. The lowest BCUT2D eigenvalue weighted by atomic mass is 10.1. The number of benzene rings is 1. The molecule has 0 aromatic heterocycles. The second-order valence-corrected chi connectivity index (χ2v) is 4.27. The van der Waals surface area contributed by atoms with E-state index in [9.17, 15) is 0 Å². The standard InChI is InChI=1S/C14H19N/c1-3-11(2)10-15-14-9-8-12-6-4-5-7-13(12)14/h4-7,14-15H,2-3,8-10H2,1H3. The second-order valence-electron chi connectivity index (χ2n) is 4.27. The summed E-state index contributed by atoms with van der Waals surface area (Å²) in [6.45, 7) is 7.14. The Balaban J connectivity index is 1.99. The van der Waals surface area contributed by atoms with Gasteiger partial charge in [0.05, 0.1) is 0 Å². The Hall–Kier alpha value is -1.08. The molecule has 0 saturated carbocycles. The summed E-state index contributed by atoms with van der Waals surface area (Å²) in [6, 6.07) is 9.30. The van der Waals surface area contributed by atoms with Crippen LogP contribution in [-0.2, 0) is 6.42 Å². The molecule has 2 rings (SSSR count). The molecule has 0 heterocycles. The van der Waals surface area contributed by atoms with E-state index >= 15 is 0 Å². The van der Waals surface area contributed by atoms with E-state index in [0.717, 1.165) is 13.0 Å². The minimum absolute atomic E-state index is 0.546. The fourth-order valence-electron chi connectivity index (χ4n) is 2.16. The summed E-state index contributed by atoms with van der Waals surface area (Å²) >= 11 is 0. The predicted octanol–water partition coefficient (Wildman–Crippen LogP) is 3.23. The summed E-state index contributed by atoms with van der Waals surface area (Å²) in [5, 5.41) is 3.59. The van der Waals surface area contributed by atoms with Crippen LogP contribution in [0.25, 0.3) is 0 Å². The van der Waals surface area contributed by atoms with Crippen LogP contribution in [0.5, 0.6) is 0 Å². The largest absolute Gasteiger partial charge is 0.306 e. The molecule has 1 unspecified atom stereocenters. The van der Waals surface area contributed by atoms with Crippen molar-refractivity contribution in [3.8, 4) is 0 Å². The number of nitrogens with one attached hydrogen (secondary N) is 1. The molecule has 1 nitrogen and oxygen atoms in total. The van der Waals surface area contributed by atoms with Crippen molar-refractivity contribution >= 4 is 0 Å². The van der Waals surface area contributed by atoms with Gasteiger partial charge in [-0.15, -0.1) is 0 Å². The van der Waals surface area contributed by atoms with Gasteiger partial charge in [0.25, 0.3) is 0 Å². The van der Waals surface area contributed by atoms with E-state index < -0.39 is 0 Å². The number of aryl methyl sites for hydroxylation is 1. The molecule has 1 atom stereocenters. The first-order chi connectivity index (χ1) is 7.31. The molecule has 1 aliphatic rings. The molecule has 80 valence electrons. The van der Waals surface area contributed by atoms with Gasteiger partial charge in [-0.25, -0.2) is 0 Å². The molecule has 1 heteroatoms. The van der Waals surface area contributed by atoms with Crippen molar-refractivity contribution in [3.63, 3.8) is 0 Å². The predicted molar refractivity (Wildman–Crippen MR) is 64.9 cm³/mol. The van der Waals surface area contributed by atoms with Crippen molar-refractivity contribution in [1.82, 2.24) is 5.32 Å². The van der Waals surface area contributed by atoms with Gasteiger partial charge in [-0.3, -0.25) is 0 Å². The van der Waals surface area contributed by atoms with Crippen LogP contribution < -0.4 is 5.32 Å². The van der Waals surface area contributed by atoms with E-state index in [1.807, 2.05) is 0 Å². The number of fused-ring (bicyclic) bond motifs is 1. The molecule has 0 radical (unpaired) electrons. The summed E-state index contributed by atoms with van der Waals surface area (Å²) < 4.78 is 0. The van der Waals surface area contributed by atoms with Crippen LogP contribution in [0.15, 0.2) is 36.4 Å². The summed E-state index contributed by atoms with van der Waals surface area (Å²) in [5.41, 5.74) is 4.29. The van der Waals surface area contributed by atoms with Crippen LogP contribution in [-0.4, -0.2) is 6.54 Å². The van der Waals surface area contributed by atoms with Crippen LogP contribution in [0.4, 0.5) is 0 Å². The van der Waals surface area contributed by atoms with Gasteiger partial charge < -0.3 is 5.32 Å². The zero-order valence-corrected chi connectivity index (χ0v) is 9.42. The average Bonchev–Trinajstić information content (AvgIpc) is 2.69. The second kappa shape index (κ2) is 4.63. The third-order valence-electron chi connectivity index (χ3n) is 3.23. The highest BCUT2D eigenvalue weighted by atomic mass is 14.9. The minimum atomic E-state index is 0.546. The lowest BCUT2D eigenvalue weighted by Gasteiger charge is -2.14. The van der Waals surface area contributed by atoms with Crippen molar-refractivity contribution in [1.29, 1.82) is 0 Å². The molecule has 1 aromatic rings. The van der Waals surface area contributed by atoms with Gasteiger partial charge in [0, 0.05) is 12.6 Å². The molecule has 0 saturated heterocycles. The fourth-order valence-corrected chi connectivity index (χ4v) is 2.16. The molecular weight excluding hydrogens is 182 g/mol. The topological polar surface area (TPSA) is 12.0 Å². The highest BCUT2D eigenvalue weighted by Crippen LogP contribution is 2.30. The molecular formula is C14H19N. The normalized spacial score (nSPS) is 18.9. The van der Waals surface area contributed by atoms with Crippen molar-refractivity contribution in [2.75, 3.05) is 6.54 Å². The van der Waals surface area contributed by atoms with E-state index in [2.05, 4.69) is 43.1 Å². The van der Waals surface area contributed by atoms with E-state index in [1.54, 1.807) is 0 Å². The zero-order chi connectivity index (χ0) is 10.7. The Morgan fingerprint density at radius 2 is 2.27 bits per heavy atom. The van der Waals surface area contributed by atoms with Gasteiger partial charge >= 0.3 is 0 Å². The third-order valence-corrected chi connectivity index (χ3v) is 3.23. The Bertz CT molecular complexity index is 354. The molecule has 0 aliphatic heterocycles. The highest BCUT2D eigenvalue weighted by Gasteiger charge is 2.20. The van der Waals surface area contributed by atoms with E-state index in [4.69, 9.17) is 0 Å².